The van der Waals surface area contributed by atoms with Gasteiger partial charge in [0.05, 0.1) is 27.1 Å². The van der Waals surface area contributed by atoms with Crippen molar-refractivity contribution >= 4 is 13.6 Å². The summed E-state index contributed by atoms with van der Waals surface area (Å²) < 4.78 is 20.8. The van der Waals surface area contributed by atoms with Gasteiger partial charge in [-0.15, -0.1) is 0 Å². The number of rotatable bonds is 5. The van der Waals surface area contributed by atoms with Crippen molar-refractivity contribution in [2.45, 2.75) is 31.5 Å². The topological polar surface area (TPSA) is 256 Å². The second kappa shape index (κ2) is 8.62. The summed E-state index contributed by atoms with van der Waals surface area (Å²) >= 11 is 0. The number of hydrogen-bond acceptors (Lipinski definition) is 10. The Bertz CT molecular complexity index is 649. The maximum Gasteiger partial charge on any atom is 0.351 e. The largest absolute Gasteiger partial charge is 0.790 e. The van der Waals surface area contributed by atoms with Crippen LogP contribution in [0.25, 0.3) is 0 Å². The van der Waals surface area contributed by atoms with Crippen LogP contribution >= 0.6 is 7.82 Å². The molecule has 0 radical (unpaired) electrons. The van der Waals surface area contributed by atoms with Gasteiger partial charge >= 0.3 is 5.69 Å². The van der Waals surface area contributed by atoms with Crippen molar-refractivity contribution in [1.82, 2.24) is 21.9 Å². The normalized spacial score (nSPS) is 23.4. The molecule has 0 amide bonds. The zero-order valence-corrected chi connectivity index (χ0v) is 14.1. The Morgan fingerprint density at radius 2 is 2.12 bits per heavy atom. The third-order valence-corrected chi connectivity index (χ3v) is 3.61. The Hall–Kier alpha value is -1.41. The zero-order chi connectivity index (χ0) is 16.5. The molecule has 1 aliphatic rings. The molecule has 1 aromatic heterocycles. The van der Waals surface area contributed by atoms with Crippen LogP contribution in [0.15, 0.2) is 11.0 Å². The quantitative estimate of drug-likeness (QED) is 0.341. The molecule has 2 heterocycles. The summed E-state index contributed by atoms with van der Waals surface area (Å²) in [6.07, 6.45) is -2.00. The fraction of sp³-hybridized carbons (Fsp3) is 0.600. The molecule has 1 fully saturated rings. The van der Waals surface area contributed by atoms with Crippen molar-refractivity contribution in [2.24, 2.45) is 0 Å². The van der Waals surface area contributed by atoms with Gasteiger partial charge in [-0.1, -0.05) is 0 Å². The Morgan fingerprint density at radius 1 is 1.50 bits per heavy atom. The molecule has 1 aliphatic heterocycles. The van der Waals surface area contributed by atoms with E-state index in [9.17, 15) is 24.3 Å². The smallest absolute Gasteiger partial charge is 0.351 e. The van der Waals surface area contributed by atoms with Gasteiger partial charge in [-0.05, 0) is 0 Å². The molecule has 1 saturated heterocycles. The minimum atomic E-state index is -5.19. The first-order valence-corrected chi connectivity index (χ1v) is 7.66. The van der Waals surface area contributed by atoms with E-state index < -0.39 is 45.2 Å². The lowest BCUT2D eigenvalue weighted by Gasteiger charge is -2.30. The summed E-state index contributed by atoms with van der Waals surface area (Å²) in [6.45, 7) is -1.11. The number of nitrogen functional groups attached to an aromatic ring is 1. The first kappa shape index (κ1) is 22.6. The number of aliphatic hydroxyl groups is 2. The Balaban J connectivity index is 0.00000264. The van der Waals surface area contributed by atoms with Gasteiger partial charge in [-0.25, -0.2) is 4.79 Å². The van der Waals surface area contributed by atoms with Crippen molar-refractivity contribution in [1.29, 1.82) is 0 Å². The van der Waals surface area contributed by atoms with E-state index in [1.165, 1.54) is 6.20 Å². The monoisotopic (exact) mass is 371 g/mol. The van der Waals surface area contributed by atoms with Gasteiger partial charge < -0.3 is 51.9 Å². The standard InChI is InChI=1S/C10H16N3O8P.2H3N/c11-9-5(3-14)2-13(10(16)12-9)8-1-6(15)7(21-8)4-20-22(17,18)19;;/h2,6-8,14-15H,1,3-4H2,(H2,11,12,16)(H2,17,18,19);2*1H3/t6-,7+,8+;;/m0../s1. The van der Waals surface area contributed by atoms with Gasteiger partial charge in [0, 0.05) is 18.2 Å². The minimum absolute atomic E-state index is 0. The van der Waals surface area contributed by atoms with Crippen LogP contribution in [0.3, 0.4) is 0 Å². The number of ether oxygens (including phenoxy) is 1. The summed E-state index contributed by atoms with van der Waals surface area (Å²) in [5.74, 6) is -0.124. The summed E-state index contributed by atoms with van der Waals surface area (Å²) in [6, 6.07) is 0. The third-order valence-electron chi connectivity index (χ3n) is 3.14. The molecule has 0 aromatic carbocycles. The average Bonchev–Trinajstić information content (AvgIpc) is 2.77. The van der Waals surface area contributed by atoms with Gasteiger partial charge in [-0.3, -0.25) is 4.57 Å². The molecule has 0 saturated carbocycles. The predicted molar refractivity (Wildman–Crippen MR) is 78.9 cm³/mol. The highest BCUT2D eigenvalue weighted by atomic mass is 31.2. The average molecular weight is 371 g/mol. The number of nitrogens with two attached hydrogens (primary N) is 1. The van der Waals surface area contributed by atoms with Crippen molar-refractivity contribution in [3.05, 3.63) is 22.2 Å². The van der Waals surface area contributed by atoms with E-state index in [1.54, 1.807) is 0 Å². The summed E-state index contributed by atoms with van der Waals surface area (Å²) in [4.78, 5) is 36.1. The van der Waals surface area contributed by atoms with E-state index in [2.05, 4.69) is 9.51 Å². The van der Waals surface area contributed by atoms with Crippen LogP contribution in [-0.2, 0) is 20.4 Å². The highest BCUT2D eigenvalue weighted by Crippen LogP contribution is 2.32. The van der Waals surface area contributed by atoms with Crippen LogP contribution in [-0.4, -0.2) is 38.6 Å². The maximum atomic E-state index is 11.8. The van der Waals surface area contributed by atoms with Crippen molar-refractivity contribution in [3.63, 3.8) is 0 Å². The predicted octanol–water partition coefficient (Wildman–Crippen LogP) is -2.44. The van der Waals surface area contributed by atoms with Gasteiger partial charge in [0.2, 0.25) is 0 Å². The molecule has 0 aliphatic carbocycles. The van der Waals surface area contributed by atoms with Crippen molar-refractivity contribution in [3.8, 4) is 0 Å². The van der Waals surface area contributed by atoms with Crippen LogP contribution in [0.1, 0.15) is 18.2 Å². The Labute approximate surface area is 136 Å². The second-order valence-electron chi connectivity index (χ2n) is 4.67. The summed E-state index contributed by atoms with van der Waals surface area (Å²) in [5.41, 5.74) is 4.89. The molecule has 14 heteroatoms. The molecule has 13 nitrogen and oxygen atoms in total. The van der Waals surface area contributed by atoms with E-state index in [0.29, 0.717) is 0 Å². The summed E-state index contributed by atoms with van der Waals surface area (Å²) in [7, 11) is -5.19. The molecule has 1 aromatic rings. The van der Waals surface area contributed by atoms with E-state index in [1.807, 2.05) is 0 Å². The van der Waals surface area contributed by atoms with Crippen molar-refractivity contribution in [2.75, 3.05) is 12.3 Å². The molecule has 0 spiro atoms. The molecular formula is C10H22N5O8P. The van der Waals surface area contributed by atoms with Crippen LogP contribution in [0.4, 0.5) is 5.82 Å². The number of anilines is 1. The molecular weight excluding hydrogens is 349 g/mol. The van der Waals surface area contributed by atoms with E-state index in [4.69, 9.17) is 15.6 Å². The van der Waals surface area contributed by atoms with Crippen LogP contribution in [0.5, 0.6) is 0 Å². The minimum Gasteiger partial charge on any atom is -0.790 e. The van der Waals surface area contributed by atoms with Crippen LogP contribution < -0.4 is 33.5 Å². The summed E-state index contributed by atoms with van der Waals surface area (Å²) in [5, 5.41) is 18.9. The number of aliphatic hydroxyl groups excluding tert-OH is 2. The fourth-order valence-corrected chi connectivity index (χ4v) is 2.38. The van der Waals surface area contributed by atoms with E-state index in [0.717, 1.165) is 4.57 Å². The number of phosphoric acid groups is 1. The third kappa shape index (κ3) is 5.31. The Morgan fingerprint density at radius 3 is 2.67 bits per heavy atom. The highest BCUT2D eigenvalue weighted by molar-refractivity contribution is 7.43. The number of nitrogens with zero attached hydrogens (tertiary/aromatic N) is 2. The second-order valence-corrected chi connectivity index (χ2v) is 5.83. The first-order valence-electron chi connectivity index (χ1n) is 6.20. The molecule has 0 unspecified atom stereocenters. The maximum absolute atomic E-state index is 11.8. The number of quaternary nitrogens is 2. The molecule has 140 valence electrons. The van der Waals surface area contributed by atoms with Crippen molar-refractivity contribution < 1.29 is 33.8 Å². The lowest BCUT2D eigenvalue weighted by molar-refractivity contribution is -0.343. The number of phosphoric ester groups is 1. The SMILES string of the molecule is Nc1nc(=O)n([C@H]2C[C@H](O)[C@@H](COP(=O)([O-])[O-])O2)cc1CO.[NH4+].[NH4+]. The molecule has 0 bridgehead atoms. The first-order chi connectivity index (χ1) is 10.2. The molecule has 3 atom stereocenters. The molecule has 12 N–H and O–H groups in total. The van der Waals surface area contributed by atoms with Gasteiger partial charge in [0.15, 0.2) is 0 Å². The van der Waals surface area contributed by atoms with Gasteiger partial charge in [-0.2, -0.15) is 4.98 Å². The Kier molecular flexibility index (Phi) is 8.11. The number of aromatic nitrogens is 2. The zero-order valence-electron chi connectivity index (χ0n) is 13.2. The fourth-order valence-electron chi connectivity index (χ4n) is 2.05. The molecule has 24 heavy (non-hydrogen) atoms. The highest BCUT2D eigenvalue weighted by Gasteiger charge is 2.36. The number of hydrogen-bond donors (Lipinski definition) is 5. The molecule has 2 rings (SSSR count). The van der Waals surface area contributed by atoms with E-state index >= 15 is 0 Å². The van der Waals surface area contributed by atoms with E-state index in [-0.39, 0.29) is 30.1 Å². The van der Waals surface area contributed by atoms with Gasteiger partial charge in [0.1, 0.15) is 18.1 Å². The lowest BCUT2D eigenvalue weighted by Crippen LogP contribution is -2.30. The van der Waals surface area contributed by atoms with Crippen LogP contribution in [0.2, 0.25) is 0 Å². The van der Waals surface area contributed by atoms with Gasteiger partial charge in [0.25, 0.3) is 0 Å². The lowest BCUT2D eigenvalue weighted by atomic mass is 10.2. The van der Waals surface area contributed by atoms with Crippen LogP contribution in [0, 0.1) is 0 Å².